The van der Waals surface area contributed by atoms with E-state index in [1.807, 2.05) is 0 Å². The Morgan fingerprint density at radius 1 is 1.24 bits per heavy atom. The summed E-state index contributed by atoms with van der Waals surface area (Å²) >= 11 is 5.82. The first-order valence-electron chi connectivity index (χ1n) is 6.11. The van der Waals surface area contributed by atoms with Crippen molar-refractivity contribution in [3.63, 3.8) is 0 Å². The van der Waals surface area contributed by atoms with Gasteiger partial charge < -0.3 is 14.8 Å². The molecule has 0 saturated heterocycles. The summed E-state index contributed by atoms with van der Waals surface area (Å²) in [7, 11) is 1.51. The van der Waals surface area contributed by atoms with Gasteiger partial charge in [0.15, 0.2) is 18.1 Å². The molecule has 0 spiro atoms. The van der Waals surface area contributed by atoms with Crippen LogP contribution in [0.25, 0.3) is 0 Å². The minimum Gasteiger partial charge on any atom is -0.493 e. The van der Waals surface area contributed by atoms with Crippen LogP contribution in [-0.2, 0) is 4.79 Å². The van der Waals surface area contributed by atoms with Gasteiger partial charge in [-0.2, -0.15) is 0 Å². The van der Waals surface area contributed by atoms with E-state index >= 15 is 0 Å². The van der Waals surface area contributed by atoms with Crippen molar-refractivity contribution in [1.82, 2.24) is 0 Å². The van der Waals surface area contributed by atoms with Gasteiger partial charge in [0.05, 0.1) is 17.8 Å². The number of methoxy groups -OCH3 is 1. The van der Waals surface area contributed by atoms with Gasteiger partial charge in [-0.1, -0.05) is 23.7 Å². The van der Waals surface area contributed by atoms with E-state index in [4.69, 9.17) is 21.1 Å². The van der Waals surface area contributed by atoms with E-state index < -0.39 is 11.7 Å². The third-order valence-electron chi connectivity index (χ3n) is 2.63. The van der Waals surface area contributed by atoms with Gasteiger partial charge in [-0.3, -0.25) is 4.79 Å². The summed E-state index contributed by atoms with van der Waals surface area (Å²) in [6.45, 7) is -0.214. The van der Waals surface area contributed by atoms with Gasteiger partial charge in [0.25, 0.3) is 5.91 Å². The molecule has 0 aliphatic carbocycles. The van der Waals surface area contributed by atoms with E-state index in [0.29, 0.717) is 17.2 Å². The number of carbonyl (C=O) groups excluding carboxylic acids is 1. The lowest BCUT2D eigenvalue weighted by atomic mass is 10.3. The van der Waals surface area contributed by atoms with Gasteiger partial charge >= 0.3 is 0 Å². The van der Waals surface area contributed by atoms with E-state index in [1.165, 1.54) is 19.2 Å². The van der Waals surface area contributed by atoms with Crippen LogP contribution < -0.4 is 14.8 Å². The molecule has 0 saturated carbocycles. The molecule has 0 aliphatic heterocycles. The average molecular weight is 310 g/mol. The number of benzene rings is 2. The van der Waals surface area contributed by atoms with Gasteiger partial charge in [0.1, 0.15) is 5.82 Å². The van der Waals surface area contributed by atoms with Crippen LogP contribution in [0.15, 0.2) is 42.5 Å². The first kappa shape index (κ1) is 15.1. The molecule has 2 aromatic rings. The smallest absolute Gasteiger partial charge is 0.262 e. The molecule has 0 radical (unpaired) electrons. The quantitative estimate of drug-likeness (QED) is 0.919. The number of amides is 1. The summed E-state index contributed by atoms with van der Waals surface area (Å²) in [5, 5.41) is 2.67. The lowest BCUT2D eigenvalue weighted by molar-refractivity contribution is -0.118. The Morgan fingerprint density at radius 3 is 2.62 bits per heavy atom. The fourth-order valence-corrected chi connectivity index (χ4v) is 1.87. The molecule has 0 aromatic heterocycles. The lowest BCUT2D eigenvalue weighted by Gasteiger charge is -2.11. The van der Waals surface area contributed by atoms with E-state index in [0.717, 1.165) is 6.07 Å². The first-order chi connectivity index (χ1) is 10.1. The largest absolute Gasteiger partial charge is 0.493 e. The molecule has 0 unspecified atom stereocenters. The number of ether oxygens (including phenoxy) is 2. The third kappa shape index (κ3) is 4.10. The number of hydrogen-bond acceptors (Lipinski definition) is 3. The summed E-state index contributed by atoms with van der Waals surface area (Å²) in [6.07, 6.45) is 0. The Hall–Kier alpha value is -2.27. The fraction of sp³-hybridized carbons (Fsp3) is 0.133. The Kier molecular flexibility index (Phi) is 5.00. The molecule has 0 heterocycles. The van der Waals surface area contributed by atoms with Crippen molar-refractivity contribution in [3.05, 3.63) is 53.3 Å². The van der Waals surface area contributed by atoms with Crippen LogP contribution in [0.1, 0.15) is 0 Å². The molecule has 0 aliphatic rings. The van der Waals surface area contributed by atoms with Crippen LogP contribution in [0, 0.1) is 5.82 Å². The molecular formula is C15H13ClFNO3. The predicted molar refractivity (Wildman–Crippen MR) is 78.5 cm³/mol. The predicted octanol–water partition coefficient (Wildman–Crippen LogP) is 3.51. The average Bonchev–Trinajstić information content (AvgIpc) is 2.48. The van der Waals surface area contributed by atoms with Crippen LogP contribution in [0.4, 0.5) is 10.1 Å². The Morgan fingerprint density at radius 2 is 1.95 bits per heavy atom. The molecule has 4 nitrogen and oxygen atoms in total. The second-order valence-electron chi connectivity index (χ2n) is 4.11. The first-order valence-corrected chi connectivity index (χ1v) is 6.48. The monoisotopic (exact) mass is 309 g/mol. The molecule has 0 atom stereocenters. The Balaban J connectivity index is 1.96. The van der Waals surface area contributed by atoms with Crippen molar-refractivity contribution in [2.75, 3.05) is 19.0 Å². The number of carbonyl (C=O) groups is 1. The van der Waals surface area contributed by atoms with Gasteiger partial charge in [-0.15, -0.1) is 0 Å². The van der Waals surface area contributed by atoms with Crippen LogP contribution >= 0.6 is 11.6 Å². The number of rotatable bonds is 5. The molecule has 2 aromatic carbocycles. The third-order valence-corrected chi connectivity index (χ3v) is 2.95. The van der Waals surface area contributed by atoms with Crippen LogP contribution in [0.2, 0.25) is 5.02 Å². The summed E-state index contributed by atoms with van der Waals surface area (Å²) in [5.41, 5.74) is 0.326. The molecule has 0 bridgehead atoms. The number of nitrogens with one attached hydrogen (secondary N) is 1. The van der Waals surface area contributed by atoms with E-state index in [2.05, 4.69) is 5.32 Å². The molecular weight excluding hydrogens is 297 g/mol. The van der Waals surface area contributed by atoms with Crippen molar-refractivity contribution >= 4 is 23.2 Å². The zero-order chi connectivity index (χ0) is 15.2. The number of halogens is 2. The van der Waals surface area contributed by atoms with Crippen LogP contribution in [0.3, 0.4) is 0 Å². The fourth-order valence-electron chi connectivity index (χ4n) is 1.66. The van der Waals surface area contributed by atoms with Crippen molar-refractivity contribution < 1.29 is 18.7 Å². The van der Waals surface area contributed by atoms with Gasteiger partial charge in [-0.25, -0.2) is 4.39 Å². The number of anilines is 1. The Bertz CT molecular complexity index is 649. The minimum atomic E-state index is -0.469. The summed E-state index contributed by atoms with van der Waals surface area (Å²) in [6, 6.07) is 10.7. The SMILES string of the molecule is COc1ccccc1OCC(=O)Nc1ccc(F)cc1Cl. The highest BCUT2D eigenvalue weighted by Crippen LogP contribution is 2.26. The summed E-state index contributed by atoms with van der Waals surface area (Å²) in [5.74, 6) is 0.114. The van der Waals surface area contributed by atoms with Gasteiger partial charge in [-0.05, 0) is 30.3 Å². The highest BCUT2D eigenvalue weighted by molar-refractivity contribution is 6.33. The minimum absolute atomic E-state index is 0.126. The molecule has 110 valence electrons. The number of hydrogen-bond donors (Lipinski definition) is 1. The lowest BCUT2D eigenvalue weighted by Crippen LogP contribution is -2.20. The van der Waals surface area contributed by atoms with Gasteiger partial charge in [0.2, 0.25) is 0 Å². The summed E-state index contributed by atoms with van der Waals surface area (Å²) < 4.78 is 23.4. The second kappa shape index (κ2) is 6.95. The molecule has 6 heteroatoms. The maximum atomic E-state index is 12.9. The van der Waals surface area contributed by atoms with Crippen LogP contribution in [-0.4, -0.2) is 19.6 Å². The van der Waals surface area contributed by atoms with E-state index in [-0.39, 0.29) is 11.6 Å². The van der Waals surface area contributed by atoms with Crippen molar-refractivity contribution in [1.29, 1.82) is 0 Å². The van der Waals surface area contributed by atoms with E-state index in [9.17, 15) is 9.18 Å². The zero-order valence-corrected chi connectivity index (χ0v) is 12.0. The molecule has 2 rings (SSSR count). The molecule has 1 amide bonds. The normalized spacial score (nSPS) is 10.0. The van der Waals surface area contributed by atoms with E-state index in [1.54, 1.807) is 24.3 Å². The maximum absolute atomic E-state index is 12.9. The van der Waals surface area contributed by atoms with Crippen molar-refractivity contribution in [2.24, 2.45) is 0 Å². The highest BCUT2D eigenvalue weighted by atomic mass is 35.5. The summed E-state index contributed by atoms with van der Waals surface area (Å²) in [4.78, 5) is 11.8. The standard InChI is InChI=1S/C15H13ClFNO3/c1-20-13-4-2-3-5-14(13)21-9-15(19)18-12-7-6-10(17)8-11(12)16/h2-8H,9H2,1H3,(H,18,19). The molecule has 1 N–H and O–H groups in total. The molecule has 21 heavy (non-hydrogen) atoms. The Labute approximate surface area is 126 Å². The topological polar surface area (TPSA) is 47.6 Å². The highest BCUT2D eigenvalue weighted by Gasteiger charge is 2.09. The maximum Gasteiger partial charge on any atom is 0.262 e. The second-order valence-corrected chi connectivity index (χ2v) is 4.52. The van der Waals surface area contributed by atoms with Crippen molar-refractivity contribution in [3.8, 4) is 11.5 Å². The van der Waals surface area contributed by atoms with Crippen LogP contribution in [0.5, 0.6) is 11.5 Å². The zero-order valence-electron chi connectivity index (χ0n) is 11.2. The number of para-hydroxylation sites is 2. The van der Waals surface area contributed by atoms with Gasteiger partial charge in [0, 0.05) is 0 Å². The molecule has 0 fully saturated rings. The van der Waals surface area contributed by atoms with Crippen molar-refractivity contribution in [2.45, 2.75) is 0 Å².